The summed E-state index contributed by atoms with van der Waals surface area (Å²) in [6, 6.07) is 30.2. The molecule has 1 nitrogen and oxygen atoms in total. The first-order valence-corrected chi connectivity index (χ1v) is 8.77. The monoisotopic (exact) mass is 321 g/mol. The van der Waals surface area contributed by atoms with Gasteiger partial charge in [0.25, 0.3) is 0 Å². The van der Waals surface area contributed by atoms with Crippen molar-refractivity contribution >= 4 is 17.0 Å². The number of aromatic amines is 1. The quantitative estimate of drug-likeness (QED) is 0.486. The Bertz CT molecular complexity index is 1020. The van der Waals surface area contributed by atoms with Gasteiger partial charge in [0.05, 0.1) is 0 Å². The average Bonchev–Trinajstić information content (AvgIpc) is 3.06. The van der Waals surface area contributed by atoms with Crippen LogP contribution in [0, 0.1) is 0 Å². The molecule has 1 aliphatic carbocycles. The summed E-state index contributed by atoms with van der Waals surface area (Å²) < 4.78 is 0. The first-order valence-electron chi connectivity index (χ1n) is 8.77. The van der Waals surface area contributed by atoms with Crippen LogP contribution in [0.2, 0.25) is 0 Å². The van der Waals surface area contributed by atoms with Crippen LogP contribution in [-0.2, 0) is 11.8 Å². The minimum absolute atomic E-state index is 0.129. The smallest absolute Gasteiger partial charge is 0.0462 e. The fourth-order valence-corrected chi connectivity index (χ4v) is 4.15. The van der Waals surface area contributed by atoms with E-state index in [0.717, 1.165) is 6.42 Å². The number of hydrogen-bond acceptors (Lipinski definition) is 0. The van der Waals surface area contributed by atoms with Crippen molar-refractivity contribution < 1.29 is 0 Å². The van der Waals surface area contributed by atoms with Crippen LogP contribution in [0.1, 0.15) is 22.4 Å². The molecular formula is C24H19N. The lowest BCUT2D eigenvalue weighted by molar-refractivity contribution is 0.625. The number of benzene rings is 3. The second-order valence-corrected chi connectivity index (χ2v) is 6.78. The molecule has 1 heterocycles. The van der Waals surface area contributed by atoms with E-state index in [1.807, 2.05) is 0 Å². The molecule has 0 fully saturated rings. The molecule has 0 amide bonds. The molecule has 0 atom stereocenters. The second-order valence-electron chi connectivity index (χ2n) is 6.78. The van der Waals surface area contributed by atoms with E-state index in [-0.39, 0.29) is 5.41 Å². The number of fused-ring (bicyclic) bond motifs is 3. The van der Waals surface area contributed by atoms with Crippen molar-refractivity contribution in [3.8, 4) is 0 Å². The molecule has 3 aromatic carbocycles. The Kier molecular flexibility index (Phi) is 3.14. The van der Waals surface area contributed by atoms with Crippen LogP contribution in [0.25, 0.3) is 17.0 Å². The molecular weight excluding hydrogens is 302 g/mol. The van der Waals surface area contributed by atoms with Crippen LogP contribution in [0.4, 0.5) is 0 Å². The fourth-order valence-electron chi connectivity index (χ4n) is 4.15. The van der Waals surface area contributed by atoms with Gasteiger partial charge in [-0.1, -0.05) is 91.0 Å². The Morgan fingerprint density at radius 1 is 0.680 bits per heavy atom. The van der Waals surface area contributed by atoms with Crippen LogP contribution in [0.5, 0.6) is 0 Å². The predicted molar refractivity (Wildman–Crippen MR) is 105 cm³/mol. The van der Waals surface area contributed by atoms with Gasteiger partial charge in [-0.3, -0.25) is 0 Å². The summed E-state index contributed by atoms with van der Waals surface area (Å²) in [5.41, 5.74) is 6.41. The van der Waals surface area contributed by atoms with Gasteiger partial charge in [-0.25, -0.2) is 0 Å². The van der Waals surface area contributed by atoms with E-state index in [9.17, 15) is 0 Å². The highest BCUT2D eigenvalue weighted by molar-refractivity contribution is 5.91. The topological polar surface area (TPSA) is 15.8 Å². The van der Waals surface area contributed by atoms with Crippen molar-refractivity contribution in [2.24, 2.45) is 0 Å². The van der Waals surface area contributed by atoms with Gasteiger partial charge in [0.2, 0.25) is 0 Å². The Labute approximate surface area is 147 Å². The third kappa shape index (κ3) is 2.16. The van der Waals surface area contributed by atoms with Crippen LogP contribution < -0.4 is 0 Å². The van der Waals surface area contributed by atoms with Gasteiger partial charge < -0.3 is 4.98 Å². The van der Waals surface area contributed by atoms with E-state index in [0.29, 0.717) is 0 Å². The summed E-state index contributed by atoms with van der Waals surface area (Å²) in [4.78, 5) is 3.66. The maximum atomic E-state index is 3.66. The molecule has 0 radical (unpaired) electrons. The molecule has 1 N–H and O–H groups in total. The van der Waals surface area contributed by atoms with E-state index in [2.05, 4.69) is 102 Å². The third-order valence-electron chi connectivity index (χ3n) is 5.40. The number of rotatable bonds is 2. The standard InChI is InChI=1S/C24H19N/c1-3-9-18(10-4-1)24(19-11-5-2-6-12-19)16-15-21-20-13-7-8-14-22(20)25-23(21)17-24/h1-16,25H,17H2. The van der Waals surface area contributed by atoms with E-state index in [1.165, 1.54) is 33.3 Å². The van der Waals surface area contributed by atoms with Gasteiger partial charge in [0, 0.05) is 34.0 Å². The van der Waals surface area contributed by atoms with Gasteiger partial charge in [-0.15, -0.1) is 0 Å². The highest BCUT2D eigenvalue weighted by Crippen LogP contribution is 2.42. The molecule has 120 valence electrons. The fraction of sp³-hybridized carbons (Fsp3) is 0.0833. The highest BCUT2D eigenvalue weighted by atomic mass is 14.7. The van der Waals surface area contributed by atoms with Crippen molar-refractivity contribution in [3.05, 3.63) is 113 Å². The largest absolute Gasteiger partial charge is 0.358 e. The predicted octanol–water partition coefficient (Wildman–Crippen LogP) is 5.72. The number of para-hydroxylation sites is 1. The zero-order valence-electron chi connectivity index (χ0n) is 13.9. The molecule has 5 rings (SSSR count). The maximum Gasteiger partial charge on any atom is 0.0462 e. The zero-order chi connectivity index (χ0) is 16.7. The Morgan fingerprint density at radius 3 is 1.96 bits per heavy atom. The molecule has 25 heavy (non-hydrogen) atoms. The third-order valence-corrected chi connectivity index (χ3v) is 5.40. The summed E-state index contributed by atoms with van der Waals surface area (Å²) in [5, 5.41) is 1.31. The average molecular weight is 321 g/mol. The van der Waals surface area contributed by atoms with E-state index in [1.54, 1.807) is 0 Å². The van der Waals surface area contributed by atoms with Crippen molar-refractivity contribution in [1.29, 1.82) is 0 Å². The number of H-pyrrole nitrogens is 1. The van der Waals surface area contributed by atoms with Gasteiger partial charge in [-0.05, 0) is 17.2 Å². The normalized spacial score (nSPS) is 15.2. The van der Waals surface area contributed by atoms with Crippen molar-refractivity contribution in [2.45, 2.75) is 11.8 Å². The summed E-state index contributed by atoms with van der Waals surface area (Å²) >= 11 is 0. The second kappa shape index (κ2) is 5.49. The number of hydrogen-bond donors (Lipinski definition) is 1. The van der Waals surface area contributed by atoms with Gasteiger partial charge in [-0.2, -0.15) is 0 Å². The summed E-state index contributed by atoms with van der Waals surface area (Å²) in [7, 11) is 0. The SMILES string of the molecule is C1=CC(c2ccccc2)(c2ccccc2)Cc2[nH]c3ccccc3c21. The molecule has 0 unspecified atom stereocenters. The van der Waals surface area contributed by atoms with Crippen LogP contribution in [-0.4, -0.2) is 4.98 Å². The van der Waals surface area contributed by atoms with Crippen LogP contribution >= 0.6 is 0 Å². The molecule has 4 aromatic rings. The number of allylic oxidation sites excluding steroid dienone is 1. The highest BCUT2D eigenvalue weighted by Gasteiger charge is 2.35. The summed E-state index contributed by atoms with van der Waals surface area (Å²) in [6.07, 6.45) is 5.64. The van der Waals surface area contributed by atoms with Crippen molar-refractivity contribution in [2.75, 3.05) is 0 Å². The summed E-state index contributed by atoms with van der Waals surface area (Å²) in [6.45, 7) is 0. The maximum absolute atomic E-state index is 3.66. The molecule has 0 saturated heterocycles. The van der Waals surface area contributed by atoms with Crippen LogP contribution in [0.15, 0.2) is 91.0 Å². The summed E-state index contributed by atoms with van der Waals surface area (Å²) in [5.74, 6) is 0. The lowest BCUT2D eigenvalue weighted by Gasteiger charge is -2.34. The van der Waals surface area contributed by atoms with Gasteiger partial charge in [0.15, 0.2) is 0 Å². The molecule has 1 aromatic heterocycles. The number of nitrogens with one attached hydrogen (secondary N) is 1. The minimum atomic E-state index is -0.129. The van der Waals surface area contributed by atoms with E-state index >= 15 is 0 Å². The van der Waals surface area contributed by atoms with E-state index in [4.69, 9.17) is 0 Å². The van der Waals surface area contributed by atoms with E-state index < -0.39 is 0 Å². The number of aromatic nitrogens is 1. The Balaban J connectivity index is 1.74. The van der Waals surface area contributed by atoms with Crippen molar-refractivity contribution in [1.82, 2.24) is 4.98 Å². The first kappa shape index (κ1) is 14.3. The van der Waals surface area contributed by atoms with Gasteiger partial charge in [0.1, 0.15) is 0 Å². The Hall–Kier alpha value is -3.06. The Morgan fingerprint density at radius 2 is 1.28 bits per heavy atom. The first-order chi connectivity index (χ1) is 12.4. The minimum Gasteiger partial charge on any atom is -0.358 e. The molecule has 0 saturated carbocycles. The molecule has 1 aliphatic rings. The van der Waals surface area contributed by atoms with Crippen molar-refractivity contribution in [3.63, 3.8) is 0 Å². The molecule has 1 heteroatoms. The lowest BCUT2D eigenvalue weighted by Crippen LogP contribution is -2.30. The molecule has 0 aliphatic heterocycles. The zero-order valence-corrected chi connectivity index (χ0v) is 13.9. The van der Waals surface area contributed by atoms with Gasteiger partial charge >= 0.3 is 0 Å². The lowest BCUT2D eigenvalue weighted by atomic mass is 9.68. The molecule has 0 spiro atoms. The molecule has 0 bridgehead atoms. The van der Waals surface area contributed by atoms with Crippen LogP contribution in [0.3, 0.4) is 0 Å².